The number of aliphatic hydroxyl groups excluding tert-OH is 1. The molecule has 4 N–H and O–H groups in total. The maximum Gasteiger partial charge on any atom is 0.251 e. The number of carbonyl (C=O) groups excluding carboxylic acids is 3. The Labute approximate surface area is 375 Å². The molecule has 2 aliphatic rings. The van der Waals surface area contributed by atoms with Crippen LogP contribution in [0.4, 0.5) is 0 Å². The van der Waals surface area contributed by atoms with E-state index in [-0.39, 0.29) is 58.2 Å². The molecule has 1 saturated heterocycles. The number of nitrogens with one attached hydrogen (secondary N) is 3. The molecule has 330 valence electrons. The molecule has 62 heavy (non-hydrogen) atoms. The molecule has 13 heteroatoms. The molecule has 3 aromatic carbocycles. The van der Waals surface area contributed by atoms with Gasteiger partial charge < -0.3 is 25.8 Å². The molecular formula is C49H61ClN6O5S. The summed E-state index contributed by atoms with van der Waals surface area (Å²) >= 11 is 7.86. The van der Waals surface area contributed by atoms with E-state index in [1.54, 1.807) is 29.5 Å². The van der Waals surface area contributed by atoms with Gasteiger partial charge in [0.05, 0.1) is 44.9 Å². The molecule has 2 heterocycles. The van der Waals surface area contributed by atoms with Crippen LogP contribution in [0.5, 0.6) is 5.75 Å². The summed E-state index contributed by atoms with van der Waals surface area (Å²) in [5.41, 5.74) is 5.83. The summed E-state index contributed by atoms with van der Waals surface area (Å²) in [4.78, 5) is 48.0. The highest BCUT2D eigenvalue weighted by molar-refractivity contribution is 7.13. The number of aryl methyl sites for hydroxylation is 2. The van der Waals surface area contributed by atoms with E-state index in [9.17, 15) is 24.8 Å². The quantitative estimate of drug-likeness (QED) is 0.0928. The van der Waals surface area contributed by atoms with Gasteiger partial charge in [-0.15, -0.1) is 11.3 Å². The van der Waals surface area contributed by atoms with Crippen molar-refractivity contribution in [3.63, 3.8) is 0 Å². The van der Waals surface area contributed by atoms with Crippen molar-refractivity contribution in [2.75, 3.05) is 13.1 Å². The number of ether oxygens (including phenoxy) is 1. The molecule has 11 nitrogen and oxygen atoms in total. The number of halogens is 1. The lowest BCUT2D eigenvalue weighted by molar-refractivity contribution is -0.164. The van der Waals surface area contributed by atoms with Crippen molar-refractivity contribution >= 4 is 40.7 Å². The molecule has 1 saturated carbocycles. The molecular weight excluding hydrogens is 820 g/mol. The third-order valence-corrected chi connectivity index (χ3v) is 14.1. The van der Waals surface area contributed by atoms with Crippen molar-refractivity contribution in [2.45, 2.75) is 124 Å². The van der Waals surface area contributed by atoms with Gasteiger partial charge in [-0.2, -0.15) is 5.26 Å². The predicted octanol–water partition coefficient (Wildman–Crippen LogP) is 8.42. The molecule has 6 rings (SSSR count). The van der Waals surface area contributed by atoms with E-state index in [1.807, 2.05) is 60.7 Å². The highest BCUT2D eigenvalue weighted by atomic mass is 35.5. The van der Waals surface area contributed by atoms with E-state index >= 15 is 0 Å². The first kappa shape index (κ1) is 46.7. The van der Waals surface area contributed by atoms with Crippen LogP contribution in [0.3, 0.4) is 0 Å². The first-order valence-corrected chi connectivity index (χ1v) is 22.7. The second kappa shape index (κ2) is 18.9. The predicted molar refractivity (Wildman–Crippen MR) is 245 cm³/mol. The summed E-state index contributed by atoms with van der Waals surface area (Å²) in [5, 5.41) is 29.9. The monoisotopic (exact) mass is 880 g/mol. The number of carbonyl (C=O) groups is 3. The molecule has 4 atom stereocenters. The van der Waals surface area contributed by atoms with Crippen molar-refractivity contribution in [3.8, 4) is 22.3 Å². The Hall–Kier alpha value is -4.80. The van der Waals surface area contributed by atoms with Crippen LogP contribution >= 0.6 is 22.9 Å². The lowest BCUT2D eigenvalue weighted by Gasteiger charge is -2.63. The van der Waals surface area contributed by atoms with Gasteiger partial charge in [0.1, 0.15) is 17.9 Å². The minimum Gasteiger partial charge on any atom is -0.489 e. The lowest BCUT2D eigenvalue weighted by Crippen LogP contribution is -2.74. The van der Waals surface area contributed by atoms with Crippen LogP contribution in [0.1, 0.15) is 113 Å². The minimum atomic E-state index is -0.637. The Morgan fingerprint density at radius 3 is 2.31 bits per heavy atom. The summed E-state index contributed by atoms with van der Waals surface area (Å²) < 4.78 is 6.37. The summed E-state index contributed by atoms with van der Waals surface area (Å²) in [6, 6.07) is 21.6. The zero-order chi connectivity index (χ0) is 45.1. The van der Waals surface area contributed by atoms with Gasteiger partial charge in [0.25, 0.3) is 5.91 Å². The van der Waals surface area contributed by atoms with Crippen molar-refractivity contribution in [1.29, 1.82) is 5.26 Å². The molecule has 1 aliphatic carbocycles. The number of likely N-dealkylation sites (tertiary alicyclic amines) is 1. The molecule has 0 bridgehead atoms. The molecule has 2 fully saturated rings. The molecule has 4 aromatic rings. The van der Waals surface area contributed by atoms with E-state index in [4.69, 9.17) is 16.3 Å². The molecule has 1 aliphatic heterocycles. The SMILES string of the molecule is Cc1ncsc1-c1ccc([C@H](C)NC(=O)[C@@H]2C[C@@H](O)CN2C[C@@H](NC(=O)CCCc2ccc(C(=O)NC3C(C)(C)C(Oc4ccc(C#N)c(Cl)c4)C3(C)C)cc2)C(C)(C)C)cc1. The Bertz CT molecular complexity index is 2260. The number of rotatable bonds is 15. The van der Waals surface area contributed by atoms with Gasteiger partial charge in [-0.3, -0.25) is 19.3 Å². The van der Waals surface area contributed by atoms with Gasteiger partial charge in [0.15, 0.2) is 0 Å². The van der Waals surface area contributed by atoms with Crippen molar-refractivity contribution in [1.82, 2.24) is 25.8 Å². The van der Waals surface area contributed by atoms with Gasteiger partial charge >= 0.3 is 0 Å². The number of amides is 3. The highest BCUT2D eigenvalue weighted by Crippen LogP contribution is 2.55. The fourth-order valence-electron chi connectivity index (χ4n) is 9.37. The maximum atomic E-state index is 13.7. The third-order valence-electron chi connectivity index (χ3n) is 12.8. The topological polar surface area (TPSA) is 157 Å². The molecule has 0 unspecified atom stereocenters. The number of aromatic nitrogens is 1. The summed E-state index contributed by atoms with van der Waals surface area (Å²) in [6.45, 7) is 19.3. The van der Waals surface area contributed by atoms with Crippen LogP contribution in [-0.4, -0.2) is 76.1 Å². The normalized spacial score (nSPS) is 21.5. The van der Waals surface area contributed by atoms with Crippen LogP contribution < -0.4 is 20.7 Å². The smallest absolute Gasteiger partial charge is 0.251 e. The lowest BCUT2D eigenvalue weighted by atomic mass is 9.49. The van der Waals surface area contributed by atoms with Crippen LogP contribution in [-0.2, 0) is 16.0 Å². The number of thiazole rings is 1. The van der Waals surface area contributed by atoms with E-state index in [1.165, 1.54) is 0 Å². The van der Waals surface area contributed by atoms with Crippen LogP contribution in [0, 0.1) is 34.5 Å². The number of hydrogen-bond acceptors (Lipinski definition) is 9. The van der Waals surface area contributed by atoms with Gasteiger partial charge in [0, 0.05) is 54.1 Å². The van der Waals surface area contributed by atoms with Gasteiger partial charge in [-0.25, -0.2) is 4.98 Å². The molecule has 1 aromatic heterocycles. The Kier molecular flexibility index (Phi) is 14.2. The van der Waals surface area contributed by atoms with Crippen molar-refractivity contribution in [3.05, 3.63) is 105 Å². The Balaban J connectivity index is 0.973. The zero-order valence-electron chi connectivity index (χ0n) is 37.3. The van der Waals surface area contributed by atoms with E-state index in [2.05, 4.69) is 87.6 Å². The summed E-state index contributed by atoms with van der Waals surface area (Å²) in [7, 11) is 0. The first-order chi connectivity index (χ1) is 29.2. The molecule has 0 radical (unpaired) electrons. The number of nitrogens with zero attached hydrogens (tertiary/aromatic N) is 3. The number of hydrogen-bond donors (Lipinski definition) is 4. The van der Waals surface area contributed by atoms with Gasteiger partial charge in [-0.05, 0) is 79.5 Å². The maximum absolute atomic E-state index is 13.7. The number of nitriles is 1. The fourth-order valence-corrected chi connectivity index (χ4v) is 10.4. The number of benzene rings is 3. The third kappa shape index (κ3) is 10.5. The van der Waals surface area contributed by atoms with Gasteiger partial charge in [0.2, 0.25) is 11.8 Å². The molecule has 3 amide bonds. The highest BCUT2D eigenvalue weighted by Gasteiger charge is 2.64. The van der Waals surface area contributed by atoms with E-state index in [0.29, 0.717) is 60.7 Å². The van der Waals surface area contributed by atoms with Crippen molar-refractivity contribution < 1.29 is 24.2 Å². The summed E-state index contributed by atoms with van der Waals surface area (Å²) in [6.07, 6.45) is 1.11. The van der Waals surface area contributed by atoms with Crippen LogP contribution in [0.2, 0.25) is 5.02 Å². The Morgan fingerprint density at radius 1 is 1.03 bits per heavy atom. The Morgan fingerprint density at radius 2 is 1.71 bits per heavy atom. The number of aliphatic hydroxyl groups is 1. The summed E-state index contributed by atoms with van der Waals surface area (Å²) in [5.74, 6) is 0.210. The van der Waals surface area contributed by atoms with E-state index in [0.717, 1.165) is 27.3 Å². The average Bonchev–Trinajstić information content (AvgIpc) is 3.82. The largest absolute Gasteiger partial charge is 0.489 e. The number of β-amino-alcohol motifs (C(OH)–C–C–N with tert-alkyl or cyclic N) is 1. The van der Waals surface area contributed by atoms with E-state index < -0.39 is 12.1 Å². The van der Waals surface area contributed by atoms with Crippen molar-refractivity contribution in [2.24, 2.45) is 16.2 Å². The zero-order valence-corrected chi connectivity index (χ0v) is 38.9. The van der Waals surface area contributed by atoms with Gasteiger partial charge in [-0.1, -0.05) is 96.5 Å². The fraction of sp³-hybridized carbons (Fsp3) is 0.490. The minimum absolute atomic E-state index is 0.0671. The first-order valence-electron chi connectivity index (χ1n) is 21.5. The molecule has 0 spiro atoms. The standard InChI is InChI=1S/C49H61ClN6O5S/c1-29(32-17-19-33(20-18-32)42-30(2)52-28-62-42)53-44(60)39-23-36(57)26-56(39)27-40(47(3,4)5)54-41(58)12-10-11-31-13-15-34(16-14-31)43(59)55-45-48(6,7)46(49(45,8)9)61-37-22-21-35(25-51)38(50)24-37/h13-22,24,28-29,36,39-40,45-46,57H,10-12,23,26-27H2,1-9H3,(H,53,60)(H,54,58)(H,55,59)/t29-,36+,39-,40+,45?,46?/m0/s1. The van der Waals surface area contributed by atoms with Crippen LogP contribution in [0.15, 0.2) is 72.2 Å². The average molecular weight is 882 g/mol. The second-order valence-corrected chi connectivity index (χ2v) is 20.6. The van der Waals surface area contributed by atoms with Crippen LogP contribution in [0.25, 0.3) is 10.4 Å². The second-order valence-electron chi connectivity index (χ2n) is 19.3.